The van der Waals surface area contributed by atoms with Crippen LogP contribution in [0.3, 0.4) is 0 Å². The number of morpholine rings is 1. The fourth-order valence-corrected chi connectivity index (χ4v) is 5.75. The maximum atomic E-state index is 14.5. The van der Waals surface area contributed by atoms with Gasteiger partial charge in [-0.25, -0.2) is 19.0 Å². The monoisotopic (exact) mass is 470 g/mol. The Hall–Kier alpha value is -2.66. The van der Waals surface area contributed by atoms with Gasteiger partial charge in [0.15, 0.2) is 0 Å². The highest BCUT2D eigenvalue weighted by Crippen LogP contribution is 2.36. The minimum Gasteiger partial charge on any atom is -0.377 e. The predicted molar refractivity (Wildman–Crippen MR) is 126 cm³/mol. The van der Waals surface area contributed by atoms with E-state index in [0.29, 0.717) is 31.0 Å². The molecule has 0 spiro atoms. The number of nitrogens with one attached hydrogen (secondary N) is 2. The summed E-state index contributed by atoms with van der Waals surface area (Å²) in [5.41, 5.74) is 8.43. The summed E-state index contributed by atoms with van der Waals surface area (Å²) in [6.45, 7) is 4.80. The number of aromatic nitrogens is 2. The number of hydrazine groups is 1. The summed E-state index contributed by atoms with van der Waals surface area (Å²) in [7, 11) is -3.05. The molecule has 1 aromatic carbocycles. The topological polar surface area (TPSA) is 91.7 Å². The zero-order valence-electron chi connectivity index (χ0n) is 18.6. The Morgan fingerprint density at radius 3 is 2.91 bits per heavy atom. The first-order valence-electron chi connectivity index (χ1n) is 11.0. The number of fused-ring (bicyclic) bond motifs is 1. The number of pyridine rings is 2. The second-order valence-electron chi connectivity index (χ2n) is 8.45. The van der Waals surface area contributed by atoms with E-state index in [1.165, 1.54) is 18.4 Å². The SMILES string of the molecule is C[C@@H]1COCCN1c1cc(N=S(C)(=O)c2ccccc2F)c2ccnc(C3CCNN3)c2n1. The van der Waals surface area contributed by atoms with Crippen LogP contribution in [0.15, 0.2) is 51.9 Å². The van der Waals surface area contributed by atoms with Gasteiger partial charge in [-0.05, 0) is 31.5 Å². The molecule has 33 heavy (non-hydrogen) atoms. The molecule has 4 heterocycles. The van der Waals surface area contributed by atoms with Gasteiger partial charge in [-0.2, -0.15) is 4.36 Å². The van der Waals surface area contributed by atoms with Crippen molar-refractivity contribution in [2.45, 2.75) is 30.3 Å². The van der Waals surface area contributed by atoms with Crippen LogP contribution in [0, 0.1) is 5.82 Å². The van der Waals surface area contributed by atoms with Crippen molar-refractivity contribution in [1.29, 1.82) is 0 Å². The van der Waals surface area contributed by atoms with E-state index in [4.69, 9.17) is 9.72 Å². The molecule has 0 amide bonds. The molecule has 8 nitrogen and oxygen atoms in total. The van der Waals surface area contributed by atoms with E-state index in [1.54, 1.807) is 18.3 Å². The van der Waals surface area contributed by atoms with Crippen molar-refractivity contribution < 1.29 is 13.3 Å². The second-order valence-corrected chi connectivity index (χ2v) is 10.7. The van der Waals surface area contributed by atoms with Gasteiger partial charge in [0.1, 0.15) is 11.6 Å². The van der Waals surface area contributed by atoms with Crippen LogP contribution in [0.5, 0.6) is 0 Å². The molecule has 3 aromatic rings. The van der Waals surface area contributed by atoms with Gasteiger partial charge in [0, 0.05) is 37.0 Å². The third-order valence-electron chi connectivity index (χ3n) is 6.06. The number of benzene rings is 1. The molecule has 0 radical (unpaired) electrons. The molecule has 5 rings (SSSR count). The number of halogens is 1. The zero-order valence-corrected chi connectivity index (χ0v) is 19.4. The maximum absolute atomic E-state index is 14.5. The van der Waals surface area contributed by atoms with Crippen LogP contribution in [-0.4, -0.2) is 52.8 Å². The molecule has 10 heteroatoms. The molecule has 0 bridgehead atoms. The van der Waals surface area contributed by atoms with Crippen LogP contribution in [0.4, 0.5) is 15.9 Å². The average molecular weight is 471 g/mol. The molecular weight excluding hydrogens is 443 g/mol. The Bertz CT molecular complexity index is 1300. The molecule has 174 valence electrons. The number of rotatable bonds is 4. The van der Waals surface area contributed by atoms with Gasteiger partial charge >= 0.3 is 0 Å². The zero-order chi connectivity index (χ0) is 23.0. The van der Waals surface area contributed by atoms with Crippen molar-refractivity contribution in [3.05, 3.63) is 54.1 Å². The lowest BCUT2D eigenvalue weighted by atomic mass is 10.1. The predicted octanol–water partition coefficient (Wildman–Crippen LogP) is 3.32. The first-order chi connectivity index (χ1) is 15.9. The molecule has 2 unspecified atom stereocenters. The van der Waals surface area contributed by atoms with E-state index in [1.807, 2.05) is 12.1 Å². The van der Waals surface area contributed by atoms with E-state index in [-0.39, 0.29) is 17.0 Å². The molecule has 0 saturated carbocycles. The fraction of sp³-hybridized carbons (Fsp3) is 0.391. The van der Waals surface area contributed by atoms with E-state index >= 15 is 0 Å². The van der Waals surface area contributed by atoms with Gasteiger partial charge in [0.05, 0.1) is 56.8 Å². The van der Waals surface area contributed by atoms with Gasteiger partial charge in [0.25, 0.3) is 0 Å². The Morgan fingerprint density at radius 2 is 2.15 bits per heavy atom. The van der Waals surface area contributed by atoms with Crippen molar-refractivity contribution >= 4 is 32.1 Å². The lowest BCUT2D eigenvalue weighted by Crippen LogP contribution is -2.44. The standard InChI is InChI=1S/C23H27FN6O2S/c1-15-14-32-12-11-30(15)21-13-19(29-33(2,31)20-6-4-3-5-17(20)24)16-7-9-25-23(22(16)27-21)18-8-10-26-28-18/h3-7,9,13,15,18,26,28H,8,10-12,14H2,1-2H3/t15-,18?,33?/m1/s1. The quantitative estimate of drug-likeness (QED) is 0.604. The van der Waals surface area contributed by atoms with Crippen molar-refractivity contribution in [2.75, 3.05) is 37.5 Å². The first kappa shape index (κ1) is 22.1. The second kappa shape index (κ2) is 8.94. The Labute approximate surface area is 192 Å². The minimum atomic E-state index is -3.05. The van der Waals surface area contributed by atoms with Crippen molar-refractivity contribution in [3.8, 4) is 0 Å². The van der Waals surface area contributed by atoms with E-state index in [0.717, 1.165) is 29.9 Å². The summed E-state index contributed by atoms with van der Waals surface area (Å²) in [5, 5.41) is 0.740. The van der Waals surface area contributed by atoms with Crippen molar-refractivity contribution in [1.82, 2.24) is 20.8 Å². The van der Waals surface area contributed by atoms with Gasteiger partial charge in [0.2, 0.25) is 0 Å². The minimum absolute atomic E-state index is 0.00367. The number of hydrogen-bond donors (Lipinski definition) is 2. The van der Waals surface area contributed by atoms with Crippen LogP contribution >= 0.6 is 0 Å². The molecule has 2 fully saturated rings. The fourth-order valence-electron chi connectivity index (χ4n) is 4.36. The van der Waals surface area contributed by atoms with E-state index in [2.05, 4.69) is 32.0 Å². The van der Waals surface area contributed by atoms with Crippen LogP contribution < -0.4 is 15.8 Å². The Balaban J connectivity index is 1.74. The van der Waals surface area contributed by atoms with Gasteiger partial charge in [-0.3, -0.25) is 10.4 Å². The number of anilines is 1. The largest absolute Gasteiger partial charge is 0.377 e. The maximum Gasteiger partial charge on any atom is 0.140 e. The van der Waals surface area contributed by atoms with Crippen LogP contribution in [0.1, 0.15) is 25.1 Å². The highest BCUT2D eigenvalue weighted by atomic mass is 32.2. The number of nitrogens with zero attached hydrogens (tertiary/aromatic N) is 4. The summed E-state index contributed by atoms with van der Waals surface area (Å²) >= 11 is 0. The Morgan fingerprint density at radius 1 is 1.30 bits per heavy atom. The van der Waals surface area contributed by atoms with Crippen molar-refractivity contribution in [3.63, 3.8) is 0 Å². The third-order valence-corrected chi connectivity index (χ3v) is 7.76. The molecular formula is C23H27FN6O2S. The summed E-state index contributed by atoms with van der Waals surface area (Å²) < 4.78 is 38.3. The highest BCUT2D eigenvalue weighted by molar-refractivity contribution is 7.93. The van der Waals surface area contributed by atoms with Gasteiger partial charge < -0.3 is 9.64 Å². The lowest BCUT2D eigenvalue weighted by Gasteiger charge is -2.34. The molecule has 2 aromatic heterocycles. The van der Waals surface area contributed by atoms with Crippen LogP contribution in [0.25, 0.3) is 10.9 Å². The molecule has 2 N–H and O–H groups in total. The molecule has 2 saturated heterocycles. The summed E-state index contributed by atoms with van der Waals surface area (Å²) in [5.74, 6) is 0.193. The van der Waals surface area contributed by atoms with Gasteiger partial charge in [-0.1, -0.05) is 12.1 Å². The highest BCUT2D eigenvalue weighted by Gasteiger charge is 2.26. The Kier molecular flexibility index (Phi) is 6.00. The van der Waals surface area contributed by atoms with Gasteiger partial charge in [-0.15, -0.1) is 0 Å². The van der Waals surface area contributed by atoms with Crippen molar-refractivity contribution in [2.24, 2.45) is 4.36 Å². The number of hydrogen-bond acceptors (Lipinski definition) is 8. The lowest BCUT2D eigenvalue weighted by molar-refractivity contribution is 0.0986. The summed E-state index contributed by atoms with van der Waals surface area (Å²) in [4.78, 5) is 11.9. The molecule has 2 aliphatic rings. The van der Waals surface area contributed by atoms with E-state index in [9.17, 15) is 8.60 Å². The smallest absolute Gasteiger partial charge is 0.140 e. The van der Waals surface area contributed by atoms with Crippen LogP contribution in [0.2, 0.25) is 0 Å². The normalized spacial score (nSPS) is 22.9. The first-order valence-corrected chi connectivity index (χ1v) is 13.0. The molecule has 3 atom stereocenters. The van der Waals surface area contributed by atoms with E-state index < -0.39 is 15.5 Å². The molecule has 2 aliphatic heterocycles. The number of ether oxygens (including phenoxy) is 1. The summed E-state index contributed by atoms with van der Waals surface area (Å²) in [6.07, 6.45) is 4.06. The molecule has 0 aliphatic carbocycles. The van der Waals surface area contributed by atoms with Crippen LogP contribution in [-0.2, 0) is 14.5 Å². The summed E-state index contributed by atoms with van der Waals surface area (Å²) in [6, 6.07) is 9.88. The third kappa shape index (κ3) is 4.31. The average Bonchev–Trinajstić information content (AvgIpc) is 3.34.